The Morgan fingerprint density at radius 3 is 2.45 bits per heavy atom. The third-order valence-corrected chi connectivity index (χ3v) is 5.52. The molecule has 10 heteroatoms. The maximum absolute atomic E-state index is 13.1. The number of alkyl halides is 3. The number of carbonyl (C=O) groups excluding carboxylic acids is 2. The van der Waals surface area contributed by atoms with E-state index in [1.165, 1.54) is 29.9 Å². The second kappa shape index (κ2) is 9.09. The topological polar surface area (TPSA) is 96.3 Å². The van der Waals surface area contributed by atoms with Crippen LogP contribution in [0, 0.1) is 0 Å². The third-order valence-electron chi connectivity index (χ3n) is 5.52. The molecular formula is C21H25F3N4O3. The quantitative estimate of drug-likeness (QED) is 0.669. The molecule has 3 N–H and O–H groups in total. The molecule has 0 spiro atoms. The van der Waals surface area contributed by atoms with Gasteiger partial charge in [-0.2, -0.15) is 18.3 Å². The van der Waals surface area contributed by atoms with Crippen LogP contribution < -0.4 is 10.6 Å². The van der Waals surface area contributed by atoms with E-state index in [-0.39, 0.29) is 23.5 Å². The maximum atomic E-state index is 13.1. The summed E-state index contributed by atoms with van der Waals surface area (Å²) < 4.78 is 40.7. The minimum Gasteiger partial charge on any atom is -0.393 e. The summed E-state index contributed by atoms with van der Waals surface area (Å²) in [6.07, 6.45) is -2.49. The second-order valence-electron chi connectivity index (χ2n) is 7.72. The van der Waals surface area contributed by atoms with E-state index < -0.39 is 29.6 Å². The average Bonchev–Trinajstić information content (AvgIpc) is 3.19. The molecule has 3 rings (SSSR count). The van der Waals surface area contributed by atoms with Gasteiger partial charge in [-0.3, -0.25) is 14.3 Å². The number of carbonyl (C=O) groups is 2. The first kappa shape index (κ1) is 22.8. The summed E-state index contributed by atoms with van der Waals surface area (Å²) in [7, 11) is 1.42. The lowest BCUT2D eigenvalue weighted by Crippen LogP contribution is -2.39. The predicted molar refractivity (Wildman–Crippen MR) is 107 cm³/mol. The summed E-state index contributed by atoms with van der Waals surface area (Å²) in [5, 5.41) is 19.2. The van der Waals surface area contributed by atoms with Gasteiger partial charge in [0.1, 0.15) is 5.69 Å². The molecule has 1 saturated carbocycles. The van der Waals surface area contributed by atoms with Gasteiger partial charge in [-0.15, -0.1) is 0 Å². The van der Waals surface area contributed by atoms with Crippen LogP contribution in [0.5, 0.6) is 0 Å². The summed E-state index contributed by atoms with van der Waals surface area (Å²) >= 11 is 0. The Bertz CT molecular complexity index is 950. The van der Waals surface area contributed by atoms with Crippen molar-refractivity contribution in [2.75, 3.05) is 7.05 Å². The lowest BCUT2D eigenvalue weighted by molar-refractivity contribution is -0.137. The standard InChI is InChI=1S/C21H25F3N4O3/c1-12(13-4-3-5-14(10-13)21(22,23)24)28-18(11-17(27-28)19(30)25-2)20(31)26-15-6-8-16(29)9-7-15/h3-5,10-12,15-16,29H,6-9H2,1-2H3,(H,25,30)(H,26,31)/t12-,15?,16?/m0/s1. The van der Waals surface area contributed by atoms with Gasteiger partial charge in [0.2, 0.25) is 0 Å². The molecule has 7 nitrogen and oxygen atoms in total. The fourth-order valence-electron chi connectivity index (χ4n) is 3.69. The van der Waals surface area contributed by atoms with Gasteiger partial charge in [-0.1, -0.05) is 12.1 Å². The van der Waals surface area contributed by atoms with Crippen LogP contribution in [-0.4, -0.2) is 45.9 Å². The number of hydrogen-bond donors (Lipinski definition) is 3. The van der Waals surface area contributed by atoms with Crippen LogP contribution in [0.1, 0.15) is 70.8 Å². The average molecular weight is 438 g/mol. The Labute approximate surface area is 177 Å². The highest BCUT2D eigenvalue weighted by Crippen LogP contribution is 2.31. The normalized spacial score (nSPS) is 20.2. The zero-order valence-corrected chi connectivity index (χ0v) is 17.2. The fraction of sp³-hybridized carbons (Fsp3) is 0.476. The van der Waals surface area contributed by atoms with Gasteiger partial charge in [-0.05, 0) is 50.3 Å². The van der Waals surface area contributed by atoms with E-state index in [1.807, 2.05) is 0 Å². The van der Waals surface area contributed by atoms with Crippen LogP contribution >= 0.6 is 0 Å². The summed E-state index contributed by atoms with van der Waals surface area (Å²) in [4.78, 5) is 25.0. The number of aromatic nitrogens is 2. The smallest absolute Gasteiger partial charge is 0.393 e. The molecule has 0 aliphatic heterocycles. The fourth-order valence-corrected chi connectivity index (χ4v) is 3.69. The van der Waals surface area contributed by atoms with Crippen LogP contribution in [0.2, 0.25) is 0 Å². The van der Waals surface area contributed by atoms with Crippen molar-refractivity contribution in [2.24, 2.45) is 0 Å². The Kier molecular flexibility index (Phi) is 6.68. The number of rotatable bonds is 5. The van der Waals surface area contributed by atoms with Crippen molar-refractivity contribution >= 4 is 11.8 Å². The highest BCUT2D eigenvalue weighted by Gasteiger charge is 2.32. The number of nitrogens with one attached hydrogen (secondary N) is 2. The Hall–Kier alpha value is -2.88. The van der Waals surface area contributed by atoms with E-state index >= 15 is 0 Å². The Morgan fingerprint density at radius 2 is 1.84 bits per heavy atom. The van der Waals surface area contributed by atoms with Crippen molar-refractivity contribution in [3.63, 3.8) is 0 Å². The van der Waals surface area contributed by atoms with Gasteiger partial charge in [-0.25, -0.2) is 0 Å². The summed E-state index contributed by atoms with van der Waals surface area (Å²) in [5.74, 6) is -0.979. The van der Waals surface area contributed by atoms with Gasteiger partial charge in [0, 0.05) is 19.2 Å². The van der Waals surface area contributed by atoms with Gasteiger partial charge in [0.25, 0.3) is 11.8 Å². The Balaban J connectivity index is 1.92. The first-order chi connectivity index (χ1) is 14.6. The van der Waals surface area contributed by atoms with Crippen LogP contribution in [0.15, 0.2) is 30.3 Å². The molecule has 0 radical (unpaired) electrons. The minimum atomic E-state index is -4.50. The first-order valence-corrected chi connectivity index (χ1v) is 10.1. The van der Waals surface area contributed by atoms with Crippen LogP contribution in [0.25, 0.3) is 0 Å². The molecule has 0 unspecified atom stereocenters. The number of aliphatic hydroxyl groups excluding tert-OH is 1. The van der Waals surface area contributed by atoms with Crippen molar-refractivity contribution in [3.05, 3.63) is 52.8 Å². The third kappa shape index (κ3) is 5.25. The summed E-state index contributed by atoms with van der Waals surface area (Å²) in [6.45, 7) is 1.61. The van der Waals surface area contributed by atoms with Crippen molar-refractivity contribution in [1.29, 1.82) is 0 Å². The molecule has 2 aromatic rings. The molecule has 1 aliphatic rings. The van der Waals surface area contributed by atoms with Gasteiger partial charge in [0.15, 0.2) is 5.69 Å². The molecule has 168 valence electrons. The zero-order valence-electron chi connectivity index (χ0n) is 17.2. The highest BCUT2D eigenvalue weighted by molar-refractivity contribution is 5.98. The largest absolute Gasteiger partial charge is 0.416 e. The lowest BCUT2D eigenvalue weighted by Gasteiger charge is -2.26. The van der Waals surface area contributed by atoms with E-state index in [0.717, 1.165) is 12.1 Å². The second-order valence-corrected chi connectivity index (χ2v) is 7.72. The zero-order chi connectivity index (χ0) is 22.8. The molecule has 1 atom stereocenters. The van der Waals surface area contributed by atoms with Crippen LogP contribution in [0.4, 0.5) is 13.2 Å². The molecule has 0 bridgehead atoms. The maximum Gasteiger partial charge on any atom is 0.416 e. The molecule has 31 heavy (non-hydrogen) atoms. The van der Waals surface area contributed by atoms with E-state index in [9.17, 15) is 27.9 Å². The van der Waals surface area contributed by atoms with Crippen molar-refractivity contribution < 1.29 is 27.9 Å². The number of halogens is 3. The van der Waals surface area contributed by atoms with Crippen LogP contribution in [-0.2, 0) is 6.18 Å². The van der Waals surface area contributed by atoms with E-state index in [1.54, 1.807) is 6.92 Å². The van der Waals surface area contributed by atoms with Gasteiger partial charge >= 0.3 is 6.18 Å². The SMILES string of the molecule is CNC(=O)c1cc(C(=O)NC2CCC(O)CC2)n([C@@H](C)c2cccc(C(F)(F)F)c2)n1. The van der Waals surface area contributed by atoms with E-state index in [2.05, 4.69) is 15.7 Å². The van der Waals surface area contributed by atoms with Gasteiger partial charge < -0.3 is 15.7 Å². The first-order valence-electron chi connectivity index (χ1n) is 10.1. The molecule has 1 fully saturated rings. The minimum absolute atomic E-state index is 0.00876. The lowest BCUT2D eigenvalue weighted by atomic mass is 9.93. The number of amides is 2. The molecule has 1 aliphatic carbocycles. The number of nitrogens with zero attached hydrogens (tertiary/aromatic N) is 2. The summed E-state index contributed by atoms with van der Waals surface area (Å²) in [5.41, 5.74) is -0.432. The molecule has 2 amide bonds. The van der Waals surface area contributed by atoms with Crippen molar-refractivity contribution in [3.8, 4) is 0 Å². The number of hydrogen-bond acceptors (Lipinski definition) is 4. The molecule has 0 saturated heterocycles. The van der Waals surface area contributed by atoms with Gasteiger partial charge in [0.05, 0.1) is 17.7 Å². The van der Waals surface area contributed by atoms with Crippen molar-refractivity contribution in [2.45, 2.75) is 57.0 Å². The Morgan fingerprint density at radius 1 is 1.16 bits per heavy atom. The number of benzene rings is 1. The summed E-state index contributed by atoms with van der Waals surface area (Å²) in [6, 6.07) is 5.27. The molecule has 1 aromatic heterocycles. The van der Waals surface area contributed by atoms with E-state index in [0.29, 0.717) is 31.2 Å². The monoisotopic (exact) mass is 438 g/mol. The molecule has 1 aromatic carbocycles. The number of aliphatic hydroxyl groups is 1. The molecule has 1 heterocycles. The molecular weight excluding hydrogens is 413 g/mol. The van der Waals surface area contributed by atoms with Crippen molar-refractivity contribution in [1.82, 2.24) is 20.4 Å². The van der Waals surface area contributed by atoms with E-state index in [4.69, 9.17) is 0 Å². The highest BCUT2D eigenvalue weighted by atomic mass is 19.4. The predicted octanol–water partition coefficient (Wildman–Crippen LogP) is 2.90. The van der Waals surface area contributed by atoms with Crippen LogP contribution in [0.3, 0.4) is 0 Å².